The summed E-state index contributed by atoms with van der Waals surface area (Å²) in [6, 6.07) is 10.9. The van der Waals surface area contributed by atoms with Crippen LogP contribution in [-0.2, 0) is 20.2 Å². The van der Waals surface area contributed by atoms with Crippen LogP contribution in [-0.4, -0.2) is 15.6 Å². The molecule has 0 radical (unpaired) electrons. The van der Waals surface area contributed by atoms with E-state index in [0.29, 0.717) is 17.8 Å². The predicted molar refractivity (Wildman–Crippen MR) is 73.7 cm³/mol. The zero-order valence-corrected chi connectivity index (χ0v) is 11.1. The Bertz CT molecular complexity index is 668. The van der Waals surface area contributed by atoms with Gasteiger partial charge in [0.25, 0.3) is 5.91 Å². The van der Waals surface area contributed by atoms with Gasteiger partial charge in [-0.1, -0.05) is 24.3 Å². The number of rotatable bonds is 4. The molecule has 5 heteroatoms. The van der Waals surface area contributed by atoms with E-state index in [1.165, 1.54) is 0 Å². The summed E-state index contributed by atoms with van der Waals surface area (Å²) in [7, 11) is 1.72. The number of aromatic nitrogens is 1. The topological polar surface area (TPSA) is 78.0 Å². The highest BCUT2D eigenvalue weighted by atomic mass is 16.3. The van der Waals surface area contributed by atoms with Gasteiger partial charge in [0.15, 0.2) is 0 Å². The van der Waals surface area contributed by atoms with Crippen LogP contribution in [0, 0.1) is 11.3 Å². The van der Waals surface area contributed by atoms with Crippen molar-refractivity contribution >= 4 is 5.91 Å². The normalized spacial score (nSPS) is 10.1. The lowest BCUT2D eigenvalue weighted by molar-refractivity contribution is 0.0942. The number of hydrogen-bond donors (Lipinski definition) is 2. The molecule has 2 N–H and O–H groups in total. The number of amides is 1. The molecule has 0 unspecified atom stereocenters. The highest BCUT2D eigenvalue weighted by Crippen LogP contribution is 2.10. The van der Waals surface area contributed by atoms with Gasteiger partial charge in [-0.05, 0) is 17.2 Å². The predicted octanol–water partition coefficient (Wildman–Crippen LogP) is 1.32. The Morgan fingerprint density at radius 2 is 2.10 bits per heavy atom. The molecule has 0 fully saturated rings. The lowest BCUT2D eigenvalue weighted by Crippen LogP contribution is -2.25. The van der Waals surface area contributed by atoms with Crippen LogP contribution in [0.3, 0.4) is 0 Å². The van der Waals surface area contributed by atoms with Gasteiger partial charge in [-0.25, -0.2) is 0 Å². The largest absolute Gasteiger partial charge is 0.392 e. The van der Waals surface area contributed by atoms with Crippen molar-refractivity contribution in [2.45, 2.75) is 13.2 Å². The van der Waals surface area contributed by atoms with Crippen molar-refractivity contribution in [1.82, 2.24) is 9.88 Å². The van der Waals surface area contributed by atoms with E-state index in [-0.39, 0.29) is 12.5 Å². The maximum atomic E-state index is 12.1. The quantitative estimate of drug-likeness (QED) is 0.878. The van der Waals surface area contributed by atoms with Crippen LogP contribution in [0.2, 0.25) is 0 Å². The Morgan fingerprint density at radius 3 is 2.70 bits per heavy atom. The van der Waals surface area contributed by atoms with Gasteiger partial charge >= 0.3 is 0 Å². The van der Waals surface area contributed by atoms with Crippen LogP contribution in [0.5, 0.6) is 0 Å². The van der Waals surface area contributed by atoms with Crippen molar-refractivity contribution in [2.24, 2.45) is 7.05 Å². The summed E-state index contributed by atoms with van der Waals surface area (Å²) < 4.78 is 1.62. The molecule has 2 rings (SSSR count). The minimum Gasteiger partial charge on any atom is -0.392 e. The maximum Gasteiger partial charge on any atom is 0.268 e. The standard InChI is InChI=1S/C15H15N3O2/c1-18-9-11(7-16)6-14(18)15(20)17-8-12-4-2-3-5-13(12)10-19/h2-6,9,19H,8,10H2,1H3,(H,17,20). The Hall–Kier alpha value is -2.58. The minimum absolute atomic E-state index is 0.0607. The van der Waals surface area contributed by atoms with Gasteiger partial charge in [0.2, 0.25) is 0 Å². The Kier molecular flexibility index (Phi) is 4.18. The second kappa shape index (κ2) is 6.04. The summed E-state index contributed by atoms with van der Waals surface area (Å²) in [6.45, 7) is 0.275. The number of hydrogen-bond acceptors (Lipinski definition) is 3. The highest BCUT2D eigenvalue weighted by molar-refractivity contribution is 5.93. The monoisotopic (exact) mass is 269 g/mol. The van der Waals surface area contributed by atoms with Gasteiger partial charge in [-0.2, -0.15) is 5.26 Å². The van der Waals surface area contributed by atoms with Crippen molar-refractivity contribution < 1.29 is 9.90 Å². The zero-order valence-electron chi connectivity index (χ0n) is 11.1. The maximum absolute atomic E-state index is 12.1. The van der Waals surface area contributed by atoms with Crippen LogP contribution in [0.4, 0.5) is 0 Å². The van der Waals surface area contributed by atoms with Crippen molar-refractivity contribution in [3.63, 3.8) is 0 Å². The smallest absolute Gasteiger partial charge is 0.268 e. The first-order valence-electron chi connectivity index (χ1n) is 6.18. The van der Waals surface area contributed by atoms with Gasteiger partial charge in [-0.15, -0.1) is 0 Å². The van der Waals surface area contributed by atoms with Gasteiger partial charge in [0.05, 0.1) is 12.2 Å². The zero-order chi connectivity index (χ0) is 14.5. The Balaban J connectivity index is 2.09. The van der Waals surface area contributed by atoms with E-state index in [0.717, 1.165) is 11.1 Å². The SMILES string of the molecule is Cn1cc(C#N)cc1C(=O)NCc1ccccc1CO. The van der Waals surface area contributed by atoms with Crippen LogP contribution >= 0.6 is 0 Å². The number of aliphatic hydroxyl groups is 1. The number of aliphatic hydroxyl groups excluding tert-OH is 1. The van der Waals surface area contributed by atoms with Gasteiger partial charge < -0.3 is 15.0 Å². The number of carbonyl (C=O) groups excluding carboxylic acids is 1. The third kappa shape index (κ3) is 2.87. The molecule has 1 aromatic heterocycles. The minimum atomic E-state index is -0.248. The lowest BCUT2D eigenvalue weighted by atomic mass is 10.1. The third-order valence-corrected chi connectivity index (χ3v) is 3.09. The van der Waals surface area contributed by atoms with Gasteiger partial charge in [0, 0.05) is 19.8 Å². The number of nitriles is 1. The average Bonchev–Trinajstić information content (AvgIpc) is 2.86. The molecule has 0 atom stereocenters. The number of nitrogens with zero attached hydrogens (tertiary/aromatic N) is 2. The molecular formula is C15H15N3O2. The second-order valence-corrected chi connectivity index (χ2v) is 4.45. The molecule has 1 heterocycles. The van der Waals surface area contributed by atoms with Gasteiger partial charge in [0.1, 0.15) is 11.8 Å². The molecule has 20 heavy (non-hydrogen) atoms. The first kappa shape index (κ1) is 13.8. The van der Waals surface area contributed by atoms with E-state index < -0.39 is 0 Å². The van der Waals surface area contributed by atoms with Crippen molar-refractivity contribution in [3.05, 3.63) is 58.9 Å². The summed E-state index contributed by atoms with van der Waals surface area (Å²) in [4.78, 5) is 12.1. The summed E-state index contributed by atoms with van der Waals surface area (Å²) in [5.74, 6) is -0.248. The molecule has 0 aliphatic rings. The van der Waals surface area contributed by atoms with E-state index in [1.807, 2.05) is 30.3 Å². The molecule has 0 aliphatic heterocycles. The molecule has 0 saturated carbocycles. The van der Waals surface area contributed by atoms with E-state index in [9.17, 15) is 9.90 Å². The van der Waals surface area contributed by atoms with Gasteiger partial charge in [-0.3, -0.25) is 4.79 Å². The molecule has 0 spiro atoms. The van der Waals surface area contributed by atoms with Crippen LogP contribution < -0.4 is 5.32 Å². The average molecular weight is 269 g/mol. The van der Waals surface area contributed by atoms with E-state index in [4.69, 9.17) is 5.26 Å². The second-order valence-electron chi connectivity index (χ2n) is 4.45. The van der Waals surface area contributed by atoms with E-state index in [1.54, 1.807) is 23.9 Å². The summed E-state index contributed by atoms with van der Waals surface area (Å²) in [5.41, 5.74) is 2.55. The first-order valence-corrected chi connectivity index (χ1v) is 6.18. The fourth-order valence-corrected chi connectivity index (χ4v) is 2.00. The van der Waals surface area contributed by atoms with Crippen molar-refractivity contribution in [3.8, 4) is 6.07 Å². The molecule has 102 valence electrons. The fraction of sp³-hybridized carbons (Fsp3) is 0.200. The molecule has 5 nitrogen and oxygen atoms in total. The summed E-state index contributed by atoms with van der Waals surface area (Å²) in [6.07, 6.45) is 1.61. The molecule has 0 bridgehead atoms. The number of benzene rings is 1. The van der Waals surface area contributed by atoms with Crippen LogP contribution in [0.1, 0.15) is 27.2 Å². The third-order valence-electron chi connectivity index (χ3n) is 3.09. The molecular weight excluding hydrogens is 254 g/mol. The number of aryl methyl sites for hydroxylation is 1. The Labute approximate surface area is 117 Å². The van der Waals surface area contributed by atoms with E-state index in [2.05, 4.69) is 5.32 Å². The molecule has 1 amide bonds. The van der Waals surface area contributed by atoms with Crippen LogP contribution in [0.25, 0.3) is 0 Å². The summed E-state index contributed by atoms with van der Waals surface area (Å²) >= 11 is 0. The van der Waals surface area contributed by atoms with Crippen molar-refractivity contribution in [1.29, 1.82) is 5.26 Å². The molecule has 0 saturated heterocycles. The van der Waals surface area contributed by atoms with E-state index >= 15 is 0 Å². The highest BCUT2D eigenvalue weighted by Gasteiger charge is 2.12. The summed E-state index contributed by atoms with van der Waals surface area (Å²) in [5, 5.41) is 20.8. The first-order chi connectivity index (χ1) is 9.65. The molecule has 0 aliphatic carbocycles. The fourth-order valence-electron chi connectivity index (χ4n) is 2.00. The molecule has 1 aromatic carbocycles. The van der Waals surface area contributed by atoms with Crippen molar-refractivity contribution in [2.75, 3.05) is 0 Å². The number of carbonyl (C=O) groups is 1. The lowest BCUT2D eigenvalue weighted by Gasteiger charge is -2.09. The Morgan fingerprint density at radius 1 is 1.40 bits per heavy atom. The number of nitrogens with one attached hydrogen (secondary N) is 1. The van der Waals surface area contributed by atoms with Crippen LogP contribution in [0.15, 0.2) is 36.5 Å². The molecule has 2 aromatic rings.